The Labute approximate surface area is 167 Å². The van der Waals surface area contributed by atoms with Crippen molar-refractivity contribution < 1.29 is 19.1 Å². The molecule has 2 aromatic heterocycles. The van der Waals surface area contributed by atoms with Crippen molar-refractivity contribution in [2.75, 3.05) is 13.2 Å². The molecule has 0 N–H and O–H groups in total. The van der Waals surface area contributed by atoms with E-state index in [0.29, 0.717) is 31.0 Å². The summed E-state index contributed by atoms with van der Waals surface area (Å²) < 4.78 is 15.2. The van der Waals surface area contributed by atoms with Crippen LogP contribution in [0.3, 0.4) is 0 Å². The quantitative estimate of drug-likeness (QED) is 0.352. The highest BCUT2D eigenvalue weighted by molar-refractivity contribution is 14.1. The van der Waals surface area contributed by atoms with E-state index in [1.807, 2.05) is 49.2 Å². The van der Waals surface area contributed by atoms with Crippen molar-refractivity contribution in [3.8, 4) is 0 Å². The predicted molar refractivity (Wildman–Crippen MR) is 108 cm³/mol. The van der Waals surface area contributed by atoms with Crippen LogP contribution >= 0.6 is 22.6 Å². The number of nitrogens with zero attached hydrogens (tertiary/aromatic N) is 2. The summed E-state index contributed by atoms with van der Waals surface area (Å²) in [4.78, 5) is 24.2. The van der Waals surface area contributed by atoms with Gasteiger partial charge in [-0.1, -0.05) is 0 Å². The van der Waals surface area contributed by atoms with Gasteiger partial charge in [-0.3, -0.25) is 0 Å². The zero-order valence-electron chi connectivity index (χ0n) is 15.9. The lowest BCUT2D eigenvalue weighted by molar-refractivity contribution is 0.0486. The molecule has 6 nitrogen and oxygen atoms in total. The summed E-state index contributed by atoms with van der Waals surface area (Å²) in [7, 11) is 3.71. The normalized spacial score (nSPS) is 10.8. The Morgan fingerprint density at radius 1 is 1.00 bits per heavy atom. The van der Waals surface area contributed by atoms with Gasteiger partial charge in [0.1, 0.15) is 11.4 Å². The average molecular weight is 472 g/mol. The highest BCUT2D eigenvalue weighted by Gasteiger charge is 2.17. The minimum absolute atomic E-state index is 0.310. The van der Waals surface area contributed by atoms with E-state index in [9.17, 15) is 9.59 Å². The van der Waals surface area contributed by atoms with Crippen molar-refractivity contribution >= 4 is 34.5 Å². The van der Waals surface area contributed by atoms with E-state index in [1.54, 1.807) is 6.92 Å². The van der Waals surface area contributed by atoms with Crippen molar-refractivity contribution in [2.24, 2.45) is 14.1 Å². The molecule has 0 aliphatic heterocycles. The number of aryl methyl sites for hydroxylation is 1. The lowest BCUT2D eigenvalue weighted by Crippen LogP contribution is -2.11. The zero-order chi connectivity index (χ0) is 19.4. The number of halogens is 1. The summed E-state index contributed by atoms with van der Waals surface area (Å²) in [5, 5.41) is 0. The minimum atomic E-state index is -0.315. The Balaban J connectivity index is 1.92. The number of carbonyl (C=O) groups is 2. The molecule has 0 spiro atoms. The second kappa shape index (κ2) is 8.75. The van der Waals surface area contributed by atoms with Gasteiger partial charge in [0.25, 0.3) is 0 Å². The maximum Gasteiger partial charge on any atom is 0.354 e. The lowest BCUT2D eigenvalue weighted by Gasteiger charge is -2.07. The third-order valence-corrected chi connectivity index (χ3v) is 5.72. The molecule has 2 rings (SSSR count). The van der Waals surface area contributed by atoms with Crippen molar-refractivity contribution in [2.45, 2.75) is 33.6 Å². The van der Waals surface area contributed by atoms with Crippen LogP contribution < -0.4 is 0 Å². The Bertz CT molecular complexity index is 820. The third kappa shape index (κ3) is 4.31. The average Bonchev–Trinajstić information content (AvgIpc) is 3.03. The molecule has 0 aliphatic carbocycles. The smallest absolute Gasteiger partial charge is 0.354 e. The van der Waals surface area contributed by atoms with Gasteiger partial charge in [-0.05, 0) is 73.9 Å². The summed E-state index contributed by atoms with van der Waals surface area (Å²) in [5.41, 5.74) is 4.24. The summed E-state index contributed by atoms with van der Waals surface area (Å²) in [6, 6.07) is 3.70. The Morgan fingerprint density at radius 2 is 1.58 bits per heavy atom. The largest absolute Gasteiger partial charge is 0.461 e. The number of rotatable bonds is 7. The molecule has 7 heteroatoms. The monoisotopic (exact) mass is 472 g/mol. The van der Waals surface area contributed by atoms with Crippen molar-refractivity contribution in [3.63, 3.8) is 0 Å². The molecule has 2 heterocycles. The summed E-state index contributed by atoms with van der Waals surface area (Å²) in [5.74, 6) is -0.625. The van der Waals surface area contributed by atoms with E-state index in [4.69, 9.17) is 9.47 Å². The highest BCUT2D eigenvalue weighted by atomic mass is 127. The molecule has 0 unspecified atom stereocenters. The van der Waals surface area contributed by atoms with Crippen molar-refractivity contribution in [1.82, 2.24) is 9.13 Å². The molecular formula is C19H25IN2O4. The van der Waals surface area contributed by atoms with E-state index >= 15 is 0 Å². The van der Waals surface area contributed by atoms with Gasteiger partial charge >= 0.3 is 11.9 Å². The van der Waals surface area contributed by atoms with Crippen LogP contribution in [0.5, 0.6) is 0 Å². The standard InChI is InChI=1S/C19H25IN2O4/c1-6-25-18(23)16-10-14(12(2)21(16)4)8-7-9-26-19(24)17-11-15(20)13(3)22(17)5/h10-11H,6-9H2,1-5H3. The van der Waals surface area contributed by atoms with Crippen LogP contribution in [0.15, 0.2) is 12.1 Å². The molecule has 0 fully saturated rings. The fraction of sp³-hybridized carbons (Fsp3) is 0.474. The van der Waals surface area contributed by atoms with Gasteiger partial charge in [0, 0.05) is 29.1 Å². The van der Waals surface area contributed by atoms with Crippen molar-refractivity contribution in [3.05, 3.63) is 44.0 Å². The Morgan fingerprint density at radius 3 is 2.15 bits per heavy atom. The van der Waals surface area contributed by atoms with Gasteiger partial charge in [0.2, 0.25) is 0 Å². The van der Waals surface area contributed by atoms with E-state index in [2.05, 4.69) is 22.6 Å². The van der Waals surface area contributed by atoms with Crippen molar-refractivity contribution in [1.29, 1.82) is 0 Å². The molecule has 0 saturated heterocycles. The Kier molecular flexibility index (Phi) is 6.91. The summed E-state index contributed by atoms with van der Waals surface area (Å²) in [6.07, 6.45) is 1.43. The summed E-state index contributed by atoms with van der Waals surface area (Å²) in [6.45, 7) is 6.42. The third-order valence-electron chi connectivity index (χ3n) is 4.63. The molecule has 0 aliphatic rings. The predicted octanol–water partition coefficient (Wildman–Crippen LogP) is 3.55. The molecule has 0 radical (unpaired) electrons. The second-order valence-electron chi connectivity index (χ2n) is 6.18. The number of hydrogen-bond donors (Lipinski definition) is 0. The zero-order valence-corrected chi connectivity index (χ0v) is 18.0. The maximum absolute atomic E-state index is 12.2. The lowest BCUT2D eigenvalue weighted by atomic mass is 10.1. The van der Waals surface area contributed by atoms with E-state index in [-0.39, 0.29) is 11.9 Å². The van der Waals surface area contributed by atoms with Gasteiger partial charge < -0.3 is 18.6 Å². The van der Waals surface area contributed by atoms with Crippen LogP contribution in [0.2, 0.25) is 0 Å². The van der Waals surface area contributed by atoms with Gasteiger partial charge in [-0.15, -0.1) is 0 Å². The van der Waals surface area contributed by atoms with Gasteiger partial charge in [0.05, 0.1) is 13.2 Å². The van der Waals surface area contributed by atoms with Gasteiger partial charge in [-0.2, -0.15) is 0 Å². The molecule has 0 amide bonds. The molecular weight excluding hydrogens is 447 g/mol. The number of carbonyl (C=O) groups excluding carboxylic acids is 2. The molecule has 0 saturated carbocycles. The number of esters is 2. The first-order valence-corrected chi connectivity index (χ1v) is 9.67. The summed E-state index contributed by atoms with van der Waals surface area (Å²) >= 11 is 2.21. The molecule has 142 valence electrons. The van der Waals surface area contributed by atoms with Crippen LogP contribution in [0, 0.1) is 17.4 Å². The van der Waals surface area contributed by atoms with Crippen LogP contribution in [-0.4, -0.2) is 34.3 Å². The van der Waals surface area contributed by atoms with E-state index < -0.39 is 0 Å². The fourth-order valence-corrected chi connectivity index (χ4v) is 3.43. The molecule has 0 bridgehead atoms. The molecule has 0 aromatic carbocycles. The first-order chi connectivity index (χ1) is 12.3. The number of hydrogen-bond acceptors (Lipinski definition) is 4. The van der Waals surface area contributed by atoms with Crippen LogP contribution in [0.4, 0.5) is 0 Å². The minimum Gasteiger partial charge on any atom is -0.461 e. The highest BCUT2D eigenvalue weighted by Crippen LogP contribution is 2.18. The molecule has 26 heavy (non-hydrogen) atoms. The topological polar surface area (TPSA) is 62.5 Å². The first kappa shape index (κ1) is 20.5. The van der Waals surface area contributed by atoms with Gasteiger partial charge in [0.15, 0.2) is 0 Å². The second-order valence-corrected chi connectivity index (χ2v) is 7.34. The first-order valence-electron chi connectivity index (χ1n) is 8.59. The van der Waals surface area contributed by atoms with E-state index in [1.165, 1.54) is 0 Å². The Hall–Kier alpha value is -1.77. The maximum atomic E-state index is 12.2. The molecule has 2 aromatic rings. The van der Waals surface area contributed by atoms with Crippen LogP contribution in [0.25, 0.3) is 0 Å². The van der Waals surface area contributed by atoms with Crippen LogP contribution in [0.1, 0.15) is 51.3 Å². The number of aromatic nitrogens is 2. The molecule has 0 atom stereocenters. The van der Waals surface area contributed by atoms with Crippen LogP contribution in [-0.2, 0) is 30.0 Å². The SMILES string of the molecule is CCOC(=O)c1cc(CCCOC(=O)c2cc(I)c(C)n2C)c(C)n1C. The fourth-order valence-electron chi connectivity index (χ4n) is 2.78. The van der Waals surface area contributed by atoms with Gasteiger partial charge in [-0.25, -0.2) is 9.59 Å². The number of ether oxygens (including phenoxy) is 2. The van der Waals surface area contributed by atoms with E-state index in [0.717, 1.165) is 26.9 Å².